The van der Waals surface area contributed by atoms with Gasteiger partial charge in [0, 0.05) is 6.42 Å². The Kier molecular flexibility index (Phi) is 1.10. The molecule has 2 bridgehead atoms. The third-order valence-corrected chi connectivity index (χ3v) is 2.83. The van der Waals surface area contributed by atoms with Crippen LogP contribution in [0.3, 0.4) is 0 Å². The molecule has 2 saturated heterocycles. The van der Waals surface area contributed by atoms with Crippen LogP contribution in [0, 0.1) is 11.8 Å². The maximum atomic E-state index is 5.60. The van der Waals surface area contributed by atoms with E-state index in [0.717, 1.165) is 11.8 Å². The van der Waals surface area contributed by atoms with Crippen molar-refractivity contribution in [3.63, 3.8) is 0 Å². The van der Waals surface area contributed by atoms with Gasteiger partial charge < -0.3 is 4.74 Å². The quantitative estimate of drug-likeness (QED) is 0.481. The van der Waals surface area contributed by atoms with Crippen LogP contribution in [0.4, 0.5) is 0 Å². The summed E-state index contributed by atoms with van der Waals surface area (Å²) < 4.78 is 5.60. The van der Waals surface area contributed by atoms with Gasteiger partial charge in [0.05, 0.1) is 12.2 Å². The summed E-state index contributed by atoms with van der Waals surface area (Å²) in [5.74, 6) is 1.65. The van der Waals surface area contributed by atoms with Crippen molar-refractivity contribution >= 4 is 0 Å². The molecule has 0 aromatic heterocycles. The first-order chi connectivity index (χ1) is 4.27. The maximum absolute atomic E-state index is 5.60. The van der Waals surface area contributed by atoms with Crippen LogP contribution < -0.4 is 0 Å². The van der Waals surface area contributed by atoms with E-state index in [1.54, 1.807) is 0 Å². The van der Waals surface area contributed by atoms with E-state index in [-0.39, 0.29) is 0 Å². The highest BCUT2D eigenvalue weighted by atomic mass is 16.5. The molecular formula is C8H14O. The Morgan fingerprint density at radius 1 is 1.00 bits per heavy atom. The van der Waals surface area contributed by atoms with Crippen molar-refractivity contribution in [2.45, 2.75) is 38.9 Å². The Morgan fingerprint density at radius 2 is 1.44 bits per heavy atom. The fourth-order valence-corrected chi connectivity index (χ4v) is 2.07. The molecule has 1 nitrogen and oxygen atoms in total. The van der Waals surface area contributed by atoms with Crippen LogP contribution in [0.15, 0.2) is 0 Å². The van der Waals surface area contributed by atoms with Gasteiger partial charge in [0.2, 0.25) is 0 Å². The molecule has 0 aromatic carbocycles. The minimum Gasteiger partial charge on any atom is -0.374 e. The summed E-state index contributed by atoms with van der Waals surface area (Å²) in [7, 11) is 0. The van der Waals surface area contributed by atoms with E-state index in [1.807, 2.05) is 0 Å². The van der Waals surface area contributed by atoms with Gasteiger partial charge in [0.1, 0.15) is 0 Å². The molecule has 0 aromatic rings. The third-order valence-electron chi connectivity index (χ3n) is 2.83. The van der Waals surface area contributed by atoms with Crippen molar-refractivity contribution in [1.82, 2.24) is 0 Å². The normalized spacial score (nSPS) is 56.7. The topological polar surface area (TPSA) is 9.23 Å². The summed E-state index contributed by atoms with van der Waals surface area (Å²) >= 11 is 0. The molecule has 2 aliphatic heterocycles. The van der Waals surface area contributed by atoms with Gasteiger partial charge in [-0.25, -0.2) is 0 Å². The molecule has 1 heteroatoms. The monoisotopic (exact) mass is 126 g/mol. The second-order valence-electron chi connectivity index (χ2n) is 3.64. The number of ether oxygens (including phenoxy) is 1. The summed E-state index contributed by atoms with van der Waals surface area (Å²) in [6, 6.07) is 0. The van der Waals surface area contributed by atoms with Gasteiger partial charge in [0.15, 0.2) is 0 Å². The Hall–Kier alpha value is -0.0400. The van der Waals surface area contributed by atoms with E-state index < -0.39 is 0 Å². The Morgan fingerprint density at radius 3 is 1.67 bits per heavy atom. The predicted octanol–water partition coefficient (Wildman–Crippen LogP) is 1.82. The molecule has 0 radical (unpaired) electrons. The van der Waals surface area contributed by atoms with Crippen molar-refractivity contribution in [3.8, 4) is 0 Å². The Balaban J connectivity index is 2.04. The number of hydrogen-bond donors (Lipinski definition) is 0. The standard InChI is InChI=1S/C8H14O/c1-5-3-6(2)8-4-7(5)9-8/h5-8H,3-4H2,1-2H3. The van der Waals surface area contributed by atoms with Gasteiger partial charge in [-0.3, -0.25) is 0 Å². The van der Waals surface area contributed by atoms with Gasteiger partial charge in [0.25, 0.3) is 0 Å². The molecule has 3 rings (SSSR count). The Labute approximate surface area is 56.4 Å². The average Bonchev–Trinajstić information content (AvgIpc) is 1.57. The number of rotatable bonds is 0. The van der Waals surface area contributed by atoms with Gasteiger partial charge in [-0.15, -0.1) is 0 Å². The van der Waals surface area contributed by atoms with Crippen LogP contribution in [0.5, 0.6) is 0 Å². The molecule has 0 amide bonds. The predicted molar refractivity (Wildman–Crippen MR) is 36.2 cm³/mol. The summed E-state index contributed by atoms with van der Waals surface area (Å²) in [4.78, 5) is 0. The second kappa shape index (κ2) is 1.72. The van der Waals surface area contributed by atoms with Crippen molar-refractivity contribution in [3.05, 3.63) is 0 Å². The molecule has 1 aliphatic carbocycles. The van der Waals surface area contributed by atoms with E-state index in [1.165, 1.54) is 12.8 Å². The van der Waals surface area contributed by atoms with Crippen molar-refractivity contribution in [2.75, 3.05) is 0 Å². The molecule has 3 aliphatic rings. The molecule has 4 unspecified atom stereocenters. The minimum absolute atomic E-state index is 0.631. The molecule has 4 atom stereocenters. The lowest BCUT2D eigenvalue weighted by molar-refractivity contribution is -0.206. The van der Waals surface area contributed by atoms with Crippen molar-refractivity contribution in [1.29, 1.82) is 0 Å². The largest absolute Gasteiger partial charge is 0.374 e. The van der Waals surface area contributed by atoms with E-state index in [4.69, 9.17) is 4.74 Å². The number of hydrogen-bond acceptors (Lipinski definition) is 1. The first kappa shape index (κ1) is 5.72. The first-order valence-electron chi connectivity index (χ1n) is 3.93. The zero-order valence-corrected chi connectivity index (χ0v) is 6.13. The second-order valence-corrected chi connectivity index (χ2v) is 3.64. The highest BCUT2D eigenvalue weighted by Crippen LogP contribution is 2.41. The van der Waals surface area contributed by atoms with Crippen LogP contribution in [-0.2, 0) is 4.74 Å². The molecule has 2 heterocycles. The summed E-state index contributed by atoms with van der Waals surface area (Å²) in [6.07, 6.45) is 3.98. The highest BCUT2D eigenvalue weighted by Gasteiger charge is 2.43. The fraction of sp³-hybridized carbons (Fsp3) is 1.00. The zero-order valence-electron chi connectivity index (χ0n) is 6.13. The summed E-state index contributed by atoms with van der Waals surface area (Å²) in [5, 5.41) is 0. The smallest absolute Gasteiger partial charge is 0.0629 e. The minimum atomic E-state index is 0.631. The van der Waals surface area contributed by atoms with E-state index in [0.29, 0.717) is 12.2 Å². The van der Waals surface area contributed by atoms with Crippen LogP contribution in [0.25, 0.3) is 0 Å². The van der Waals surface area contributed by atoms with E-state index >= 15 is 0 Å². The lowest BCUT2D eigenvalue weighted by atomic mass is 9.75. The highest BCUT2D eigenvalue weighted by molar-refractivity contribution is 4.91. The van der Waals surface area contributed by atoms with Crippen LogP contribution >= 0.6 is 0 Å². The Bertz CT molecular complexity index is 104. The molecule has 9 heavy (non-hydrogen) atoms. The molecule has 3 fully saturated rings. The van der Waals surface area contributed by atoms with Crippen LogP contribution in [-0.4, -0.2) is 12.2 Å². The summed E-state index contributed by atoms with van der Waals surface area (Å²) in [6.45, 7) is 4.60. The molecular weight excluding hydrogens is 112 g/mol. The van der Waals surface area contributed by atoms with Gasteiger partial charge >= 0.3 is 0 Å². The van der Waals surface area contributed by atoms with Crippen molar-refractivity contribution < 1.29 is 4.74 Å². The van der Waals surface area contributed by atoms with E-state index in [9.17, 15) is 0 Å². The van der Waals surface area contributed by atoms with E-state index in [2.05, 4.69) is 13.8 Å². The fourth-order valence-electron chi connectivity index (χ4n) is 2.07. The lowest BCUT2D eigenvalue weighted by Gasteiger charge is -2.49. The molecule has 52 valence electrons. The van der Waals surface area contributed by atoms with Gasteiger partial charge in [-0.2, -0.15) is 0 Å². The summed E-state index contributed by atoms with van der Waals surface area (Å²) in [5.41, 5.74) is 0. The van der Waals surface area contributed by atoms with Crippen LogP contribution in [0.1, 0.15) is 26.7 Å². The number of fused-ring (bicyclic) bond motifs is 2. The molecule has 1 saturated carbocycles. The average molecular weight is 126 g/mol. The van der Waals surface area contributed by atoms with Gasteiger partial charge in [-0.1, -0.05) is 13.8 Å². The van der Waals surface area contributed by atoms with Crippen LogP contribution in [0.2, 0.25) is 0 Å². The molecule has 0 N–H and O–H groups in total. The molecule has 0 spiro atoms. The lowest BCUT2D eigenvalue weighted by Crippen LogP contribution is -2.51. The van der Waals surface area contributed by atoms with Gasteiger partial charge in [-0.05, 0) is 18.3 Å². The third kappa shape index (κ3) is 0.710. The SMILES string of the molecule is CC1CC(C)C2CC1O2. The van der Waals surface area contributed by atoms with Crippen molar-refractivity contribution in [2.24, 2.45) is 11.8 Å². The first-order valence-corrected chi connectivity index (χ1v) is 3.93. The zero-order chi connectivity index (χ0) is 6.43. The maximum Gasteiger partial charge on any atom is 0.0629 e.